The summed E-state index contributed by atoms with van der Waals surface area (Å²) < 4.78 is 5.32. The van der Waals surface area contributed by atoms with E-state index < -0.39 is 16.6 Å². The van der Waals surface area contributed by atoms with Gasteiger partial charge in [-0.05, 0) is 35.4 Å². The average Bonchev–Trinajstić information content (AvgIpc) is 2.73. The van der Waals surface area contributed by atoms with Gasteiger partial charge in [0.25, 0.3) is 0 Å². The Labute approximate surface area is 131 Å². The molecule has 0 fully saturated rings. The molecule has 0 N–H and O–H groups in total. The van der Waals surface area contributed by atoms with Crippen molar-refractivity contribution in [2.24, 2.45) is 0 Å². The number of carbonyl (C=O) groups excluding carboxylic acids is 2. The third kappa shape index (κ3) is 2.23. The number of esters is 1. The predicted octanol–water partition coefficient (Wildman–Crippen LogP) is 3.70. The summed E-state index contributed by atoms with van der Waals surface area (Å²) in [7, 11) is 0. The third-order valence-electron chi connectivity index (χ3n) is 3.62. The maximum atomic E-state index is 12.5. The monoisotopic (exact) mass is 320 g/mol. The highest BCUT2D eigenvalue weighted by Crippen LogP contribution is 2.47. The minimum Gasteiger partial charge on any atom is -0.425 e. The van der Waals surface area contributed by atoms with Crippen LogP contribution < -0.4 is 4.74 Å². The molecule has 1 heterocycles. The Morgan fingerprint density at radius 3 is 2.52 bits per heavy atom. The van der Waals surface area contributed by atoms with Gasteiger partial charge in [-0.25, -0.2) is 0 Å². The second-order valence-electron chi connectivity index (χ2n) is 4.83. The first-order valence-electron chi connectivity index (χ1n) is 6.30. The largest absolute Gasteiger partial charge is 0.425 e. The average molecular weight is 321 g/mol. The number of fused-ring (bicyclic) bond motifs is 1. The quantitative estimate of drug-likeness (QED) is 0.492. The molecule has 1 atom stereocenters. The summed E-state index contributed by atoms with van der Waals surface area (Å²) in [4.78, 5) is 24.1. The molecule has 2 aromatic carbocycles. The highest BCUT2D eigenvalue weighted by atomic mass is 35.5. The Morgan fingerprint density at radius 2 is 1.86 bits per heavy atom. The van der Waals surface area contributed by atoms with Crippen LogP contribution in [0, 0.1) is 0 Å². The minimum absolute atomic E-state index is 0.176. The van der Waals surface area contributed by atoms with Crippen LogP contribution in [0.3, 0.4) is 0 Å². The van der Waals surface area contributed by atoms with Crippen molar-refractivity contribution in [1.29, 1.82) is 0 Å². The van der Waals surface area contributed by atoms with Gasteiger partial charge in [0.15, 0.2) is 0 Å². The van der Waals surface area contributed by atoms with Crippen LogP contribution in [-0.4, -0.2) is 11.2 Å². The molecular formula is C16H10Cl2O3. The summed E-state index contributed by atoms with van der Waals surface area (Å²) in [5.74, 6) is -0.105. The van der Waals surface area contributed by atoms with Crippen molar-refractivity contribution >= 4 is 34.4 Å². The molecular weight excluding hydrogens is 311 g/mol. The second-order valence-corrected chi connectivity index (χ2v) is 5.69. The molecule has 0 radical (unpaired) electrons. The fraction of sp³-hybridized carbons (Fsp3) is 0.125. The molecule has 0 spiro atoms. The molecule has 21 heavy (non-hydrogen) atoms. The van der Waals surface area contributed by atoms with E-state index in [0.717, 1.165) is 0 Å². The summed E-state index contributed by atoms with van der Waals surface area (Å²) in [6, 6.07) is 13.9. The van der Waals surface area contributed by atoms with Gasteiger partial charge in [-0.15, -0.1) is 0 Å². The minimum atomic E-state index is -1.24. The van der Waals surface area contributed by atoms with Crippen LogP contribution in [0.5, 0.6) is 5.75 Å². The molecule has 1 aliphatic heterocycles. The number of hydrogen-bond donors (Lipinski definition) is 0. The highest BCUT2D eigenvalue weighted by Gasteiger charge is 2.51. The van der Waals surface area contributed by atoms with E-state index >= 15 is 0 Å². The van der Waals surface area contributed by atoms with Crippen LogP contribution in [0.25, 0.3) is 0 Å². The van der Waals surface area contributed by atoms with Crippen molar-refractivity contribution < 1.29 is 14.3 Å². The van der Waals surface area contributed by atoms with Gasteiger partial charge in [0, 0.05) is 17.0 Å². The van der Waals surface area contributed by atoms with Crippen molar-refractivity contribution in [3.05, 3.63) is 64.7 Å². The van der Waals surface area contributed by atoms with Gasteiger partial charge >= 0.3 is 5.97 Å². The zero-order valence-corrected chi connectivity index (χ0v) is 12.3. The van der Waals surface area contributed by atoms with Crippen molar-refractivity contribution in [1.82, 2.24) is 0 Å². The first-order valence-corrected chi connectivity index (χ1v) is 7.06. The van der Waals surface area contributed by atoms with Crippen LogP contribution >= 0.6 is 23.2 Å². The van der Waals surface area contributed by atoms with Gasteiger partial charge in [0.2, 0.25) is 5.24 Å². The van der Waals surface area contributed by atoms with Gasteiger partial charge in [-0.3, -0.25) is 9.59 Å². The topological polar surface area (TPSA) is 43.4 Å². The summed E-state index contributed by atoms with van der Waals surface area (Å²) in [5.41, 5.74) is -0.00873. The first-order chi connectivity index (χ1) is 10.0. The molecule has 0 bridgehead atoms. The normalized spacial score (nSPS) is 20.0. The standard InChI is InChI=1S/C16H10Cl2O3/c17-11-6-7-13-12(8-11)16(9-14(18)19,15(20)21-13)10-4-2-1-3-5-10/h1-8H,9H2. The molecule has 1 aliphatic rings. The van der Waals surface area contributed by atoms with Crippen LogP contribution in [0.4, 0.5) is 0 Å². The van der Waals surface area contributed by atoms with Gasteiger partial charge in [0.05, 0.1) is 0 Å². The zero-order valence-electron chi connectivity index (χ0n) is 10.8. The van der Waals surface area contributed by atoms with Gasteiger partial charge < -0.3 is 4.74 Å². The SMILES string of the molecule is O=C(Cl)CC1(c2ccccc2)C(=O)Oc2ccc(Cl)cc21. The number of carbonyl (C=O) groups is 2. The lowest BCUT2D eigenvalue weighted by Gasteiger charge is -2.25. The van der Waals surface area contributed by atoms with E-state index in [9.17, 15) is 9.59 Å². The fourth-order valence-electron chi connectivity index (χ4n) is 2.70. The van der Waals surface area contributed by atoms with E-state index in [1.54, 1.807) is 42.5 Å². The molecule has 3 rings (SSSR count). The zero-order chi connectivity index (χ0) is 15.0. The third-order valence-corrected chi connectivity index (χ3v) is 3.99. The Bertz CT molecular complexity index is 728. The summed E-state index contributed by atoms with van der Waals surface area (Å²) in [6.07, 6.45) is -0.176. The summed E-state index contributed by atoms with van der Waals surface area (Å²) in [6.45, 7) is 0. The molecule has 0 aromatic heterocycles. The molecule has 3 nitrogen and oxygen atoms in total. The Morgan fingerprint density at radius 1 is 1.14 bits per heavy atom. The van der Waals surface area contributed by atoms with E-state index in [1.807, 2.05) is 6.07 Å². The Kier molecular flexibility index (Phi) is 3.47. The molecule has 5 heteroatoms. The molecule has 1 unspecified atom stereocenters. The number of hydrogen-bond acceptors (Lipinski definition) is 3. The molecule has 2 aromatic rings. The van der Waals surface area contributed by atoms with Crippen molar-refractivity contribution in [3.63, 3.8) is 0 Å². The lowest BCUT2D eigenvalue weighted by Crippen LogP contribution is -2.36. The molecule has 0 amide bonds. The molecule has 106 valence electrons. The van der Waals surface area contributed by atoms with Crippen LogP contribution in [0.2, 0.25) is 5.02 Å². The second kappa shape index (κ2) is 5.17. The summed E-state index contributed by atoms with van der Waals surface area (Å²) in [5, 5.41) is -0.141. The van der Waals surface area contributed by atoms with Gasteiger partial charge in [-0.2, -0.15) is 0 Å². The van der Waals surface area contributed by atoms with Crippen molar-refractivity contribution in [2.45, 2.75) is 11.8 Å². The molecule has 0 saturated carbocycles. The van der Waals surface area contributed by atoms with E-state index in [1.165, 1.54) is 0 Å². The van der Waals surface area contributed by atoms with E-state index in [2.05, 4.69) is 0 Å². The summed E-state index contributed by atoms with van der Waals surface area (Å²) >= 11 is 11.6. The van der Waals surface area contributed by atoms with E-state index in [0.29, 0.717) is 21.9 Å². The number of halogens is 2. The predicted molar refractivity (Wildman–Crippen MR) is 79.8 cm³/mol. The molecule has 0 saturated heterocycles. The van der Waals surface area contributed by atoms with Crippen LogP contribution in [0.1, 0.15) is 17.5 Å². The molecule has 0 aliphatic carbocycles. The van der Waals surface area contributed by atoms with Crippen LogP contribution in [-0.2, 0) is 15.0 Å². The fourth-order valence-corrected chi connectivity index (χ4v) is 3.07. The first kappa shape index (κ1) is 14.1. The Balaban J connectivity index is 2.29. The number of benzene rings is 2. The lowest BCUT2D eigenvalue weighted by atomic mass is 9.73. The highest BCUT2D eigenvalue weighted by molar-refractivity contribution is 6.63. The van der Waals surface area contributed by atoms with Crippen LogP contribution in [0.15, 0.2) is 48.5 Å². The van der Waals surface area contributed by atoms with Crippen molar-refractivity contribution in [3.8, 4) is 5.75 Å². The lowest BCUT2D eigenvalue weighted by molar-refractivity contribution is -0.138. The maximum absolute atomic E-state index is 12.5. The maximum Gasteiger partial charge on any atom is 0.327 e. The van der Waals surface area contributed by atoms with Gasteiger partial charge in [0.1, 0.15) is 11.2 Å². The van der Waals surface area contributed by atoms with Crippen molar-refractivity contribution in [2.75, 3.05) is 0 Å². The smallest absolute Gasteiger partial charge is 0.327 e. The van der Waals surface area contributed by atoms with E-state index in [-0.39, 0.29) is 6.42 Å². The Hall–Kier alpha value is -1.84. The van der Waals surface area contributed by atoms with E-state index in [4.69, 9.17) is 27.9 Å². The van der Waals surface area contributed by atoms with Gasteiger partial charge in [-0.1, -0.05) is 41.9 Å². The number of rotatable bonds is 3. The number of ether oxygens (including phenoxy) is 1.